The summed E-state index contributed by atoms with van der Waals surface area (Å²) in [7, 11) is -3.66. The van der Waals surface area contributed by atoms with E-state index in [-0.39, 0.29) is 4.90 Å². The van der Waals surface area contributed by atoms with Gasteiger partial charge in [-0.1, -0.05) is 0 Å². The minimum absolute atomic E-state index is 0.0730. The molecule has 1 heterocycles. The predicted molar refractivity (Wildman–Crippen MR) is 58.9 cm³/mol. The van der Waals surface area contributed by atoms with Crippen molar-refractivity contribution in [3.05, 3.63) is 23.2 Å². The highest BCUT2D eigenvalue weighted by molar-refractivity contribution is 7.89. The van der Waals surface area contributed by atoms with Crippen LogP contribution in [0.2, 0.25) is 0 Å². The zero-order chi connectivity index (χ0) is 11.1. The van der Waals surface area contributed by atoms with Gasteiger partial charge in [0.2, 0.25) is 10.0 Å². The van der Waals surface area contributed by atoms with Crippen LogP contribution in [0.5, 0.6) is 0 Å². The molecule has 0 bridgehead atoms. The highest BCUT2D eigenvalue weighted by Crippen LogP contribution is 2.23. The Morgan fingerprint density at radius 3 is 2.73 bits per heavy atom. The molecule has 1 aromatic carbocycles. The monoisotopic (exact) mass is 243 g/mol. The van der Waals surface area contributed by atoms with E-state index < -0.39 is 10.0 Å². The molecule has 0 saturated carbocycles. The highest BCUT2D eigenvalue weighted by atomic mass is 32.2. The molecule has 0 unspecified atom stereocenters. The first-order chi connectivity index (χ1) is 7.00. The van der Waals surface area contributed by atoms with Gasteiger partial charge in [0.1, 0.15) is 5.01 Å². The van der Waals surface area contributed by atoms with Crippen molar-refractivity contribution in [3.63, 3.8) is 0 Å². The van der Waals surface area contributed by atoms with Crippen molar-refractivity contribution in [2.24, 2.45) is 10.9 Å². The average Bonchev–Trinajstić information content (AvgIpc) is 2.57. The number of hydrogen-bond donors (Lipinski definition) is 2. The van der Waals surface area contributed by atoms with E-state index >= 15 is 0 Å². The number of hydrogen-bond acceptors (Lipinski definition) is 5. The van der Waals surface area contributed by atoms with Gasteiger partial charge in [-0.15, -0.1) is 11.3 Å². The van der Waals surface area contributed by atoms with Crippen LogP contribution in [-0.4, -0.2) is 13.4 Å². The minimum atomic E-state index is -3.66. The molecule has 4 N–H and O–H groups in total. The third-order valence-corrected chi connectivity index (χ3v) is 3.88. The molecule has 0 atom stereocenters. The number of primary sulfonamides is 1. The van der Waals surface area contributed by atoms with Gasteiger partial charge in [-0.25, -0.2) is 18.5 Å². The van der Waals surface area contributed by atoms with Crippen molar-refractivity contribution < 1.29 is 8.42 Å². The van der Waals surface area contributed by atoms with Crippen LogP contribution >= 0.6 is 11.3 Å². The number of nitrogens with zero attached hydrogens (tertiary/aromatic N) is 1. The molecule has 0 aliphatic rings. The lowest BCUT2D eigenvalue weighted by molar-refractivity contribution is 0.598. The van der Waals surface area contributed by atoms with Gasteiger partial charge >= 0.3 is 0 Å². The maximum atomic E-state index is 11.1. The lowest BCUT2D eigenvalue weighted by atomic mass is 10.3. The number of rotatable bonds is 2. The fourth-order valence-corrected chi connectivity index (χ4v) is 2.58. The fourth-order valence-electron chi connectivity index (χ4n) is 1.22. The predicted octanol–water partition coefficient (Wildman–Crippen LogP) is 0.402. The number of thiazole rings is 1. The van der Waals surface area contributed by atoms with E-state index in [2.05, 4.69) is 4.98 Å². The summed E-state index contributed by atoms with van der Waals surface area (Å²) in [6.07, 6.45) is 0. The maximum absolute atomic E-state index is 11.1. The molecule has 0 aliphatic heterocycles. The average molecular weight is 243 g/mol. The molecule has 0 fully saturated rings. The minimum Gasteiger partial charge on any atom is -0.325 e. The molecule has 7 heteroatoms. The van der Waals surface area contributed by atoms with Crippen LogP contribution in [0.4, 0.5) is 0 Å². The Morgan fingerprint density at radius 1 is 1.40 bits per heavy atom. The summed E-state index contributed by atoms with van der Waals surface area (Å²) in [6.45, 7) is 0.351. The third-order valence-electron chi connectivity index (χ3n) is 1.91. The van der Waals surface area contributed by atoms with Crippen molar-refractivity contribution in [1.82, 2.24) is 4.98 Å². The van der Waals surface area contributed by atoms with Gasteiger partial charge in [0.15, 0.2) is 0 Å². The summed E-state index contributed by atoms with van der Waals surface area (Å²) in [5.74, 6) is 0. The zero-order valence-corrected chi connectivity index (χ0v) is 9.31. The molecule has 15 heavy (non-hydrogen) atoms. The second-order valence-electron chi connectivity index (χ2n) is 2.99. The van der Waals surface area contributed by atoms with Crippen LogP contribution in [0.3, 0.4) is 0 Å². The van der Waals surface area contributed by atoms with E-state index in [1.165, 1.54) is 23.5 Å². The Balaban J connectivity index is 2.66. The summed E-state index contributed by atoms with van der Waals surface area (Å²) in [5.41, 5.74) is 6.06. The maximum Gasteiger partial charge on any atom is 0.238 e. The molecule has 80 valence electrons. The number of fused-ring (bicyclic) bond motifs is 1. The quantitative estimate of drug-likeness (QED) is 0.797. The van der Waals surface area contributed by atoms with Crippen LogP contribution in [0.15, 0.2) is 23.1 Å². The largest absolute Gasteiger partial charge is 0.325 e. The van der Waals surface area contributed by atoms with E-state index in [0.717, 1.165) is 9.71 Å². The molecule has 0 spiro atoms. The zero-order valence-electron chi connectivity index (χ0n) is 7.67. The van der Waals surface area contributed by atoms with Crippen LogP contribution in [0.1, 0.15) is 5.01 Å². The fraction of sp³-hybridized carbons (Fsp3) is 0.125. The SMILES string of the molecule is NCc1nc2cc(S(N)(=O)=O)ccc2s1. The standard InChI is InChI=1S/C8H9N3O2S2/c9-4-8-11-6-3-5(15(10,12)13)1-2-7(6)14-8/h1-3H,4,9H2,(H2,10,12,13). The van der Waals surface area contributed by atoms with Gasteiger partial charge in [0.25, 0.3) is 0 Å². The first-order valence-corrected chi connectivity index (χ1v) is 6.49. The summed E-state index contributed by atoms with van der Waals surface area (Å²) < 4.78 is 23.1. The van der Waals surface area contributed by atoms with Crippen molar-refractivity contribution in [2.75, 3.05) is 0 Å². The van der Waals surface area contributed by atoms with Gasteiger partial charge in [0, 0.05) is 6.54 Å². The number of nitrogens with two attached hydrogens (primary N) is 2. The Kier molecular flexibility index (Phi) is 2.47. The first kappa shape index (κ1) is 10.5. The van der Waals surface area contributed by atoms with E-state index in [9.17, 15) is 8.42 Å². The molecule has 2 rings (SSSR count). The lowest BCUT2D eigenvalue weighted by Gasteiger charge is -1.95. The molecular weight excluding hydrogens is 234 g/mol. The second kappa shape index (κ2) is 3.53. The van der Waals surface area contributed by atoms with Gasteiger partial charge in [-0.3, -0.25) is 0 Å². The molecule has 0 aliphatic carbocycles. The molecule has 0 amide bonds. The van der Waals surface area contributed by atoms with Gasteiger partial charge in [-0.2, -0.15) is 0 Å². The molecule has 0 radical (unpaired) electrons. The molecule has 5 nitrogen and oxygen atoms in total. The normalized spacial score (nSPS) is 12.1. The first-order valence-electron chi connectivity index (χ1n) is 4.13. The van der Waals surface area contributed by atoms with Crippen LogP contribution in [-0.2, 0) is 16.6 Å². The van der Waals surface area contributed by atoms with E-state index in [0.29, 0.717) is 12.1 Å². The summed E-state index contributed by atoms with van der Waals surface area (Å²) in [6, 6.07) is 4.61. The van der Waals surface area contributed by atoms with E-state index in [1.54, 1.807) is 6.07 Å². The topological polar surface area (TPSA) is 99.1 Å². The smallest absolute Gasteiger partial charge is 0.238 e. The molecule has 2 aromatic rings. The second-order valence-corrected chi connectivity index (χ2v) is 5.66. The van der Waals surface area contributed by atoms with Gasteiger partial charge in [0.05, 0.1) is 15.1 Å². The lowest BCUT2D eigenvalue weighted by Crippen LogP contribution is -2.11. The number of sulfonamides is 1. The van der Waals surface area contributed by atoms with E-state index in [1.807, 2.05) is 0 Å². The van der Waals surface area contributed by atoms with Gasteiger partial charge in [-0.05, 0) is 18.2 Å². The van der Waals surface area contributed by atoms with Crippen molar-refractivity contribution >= 4 is 31.6 Å². The van der Waals surface area contributed by atoms with Gasteiger partial charge < -0.3 is 5.73 Å². The number of benzene rings is 1. The molecular formula is C8H9N3O2S2. The Labute approximate surface area is 90.8 Å². The van der Waals surface area contributed by atoms with Crippen molar-refractivity contribution in [2.45, 2.75) is 11.4 Å². The van der Waals surface area contributed by atoms with Crippen molar-refractivity contribution in [1.29, 1.82) is 0 Å². The Bertz CT molecular complexity index is 603. The van der Waals surface area contributed by atoms with Crippen LogP contribution in [0.25, 0.3) is 10.2 Å². The Hall–Kier alpha value is -1.02. The molecule has 1 aromatic heterocycles. The van der Waals surface area contributed by atoms with Crippen molar-refractivity contribution in [3.8, 4) is 0 Å². The van der Waals surface area contributed by atoms with Crippen LogP contribution < -0.4 is 10.9 Å². The van der Waals surface area contributed by atoms with Crippen LogP contribution in [0, 0.1) is 0 Å². The third kappa shape index (κ3) is 2.00. The number of aromatic nitrogens is 1. The summed E-state index contributed by atoms with van der Waals surface area (Å²) in [4.78, 5) is 4.25. The highest BCUT2D eigenvalue weighted by Gasteiger charge is 2.10. The summed E-state index contributed by atoms with van der Waals surface area (Å²) in [5, 5.41) is 5.78. The summed E-state index contributed by atoms with van der Waals surface area (Å²) >= 11 is 1.44. The van der Waals surface area contributed by atoms with E-state index in [4.69, 9.17) is 10.9 Å². The molecule has 0 saturated heterocycles. The Morgan fingerprint density at radius 2 is 2.13 bits per heavy atom.